The average Bonchev–Trinajstić information content (AvgIpc) is 2.75. The normalized spacial score (nSPS) is 18.5. The number of carbonyl (C=O) groups is 2. The molecule has 0 atom stereocenters. The molecule has 0 radical (unpaired) electrons. The van der Waals surface area contributed by atoms with Crippen LogP contribution < -0.4 is 10.1 Å². The Morgan fingerprint density at radius 2 is 1.83 bits per heavy atom. The predicted octanol–water partition coefficient (Wildman–Crippen LogP) is 3.58. The van der Waals surface area contributed by atoms with Crippen molar-refractivity contribution in [3.05, 3.63) is 28.8 Å². The molecule has 0 spiro atoms. The molecule has 2 aliphatic rings. The Bertz CT molecular complexity index is 726. The number of rotatable bonds is 7. The van der Waals surface area contributed by atoms with Crippen molar-refractivity contribution in [1.82, 2.24) is 15.1 Å². The highest BCUT2D eigenvalue weighted by atomic mass is 35.5. The zero-order chi connectivity index (χ0) is 21.5. The number of hydrogen-bond acceptors (Lipinski definition) is 4. The number of nitrogens with one attached hydrogen (secondary N) is 1. The van der Waals surface area contributed by atoms with Gasteiger partial charge in [0.2, 0.25) is 5.91 Å². The molecular formula is C23H34ClN3O3. The summed E-state index contributed by atoms with van der Waals surface area (Å²) in [5.41, 5.74) is 0.527. The van der Waals surface area contributed by atoms with Crippen molar-refractivity contribution in [2.24, 2.45) is 5.92 Å². The summed E-state index contributed by atoms with van der Waals surface area (Å²) in [7, 11) is 3.93. The van der Waals surface area contributed by atoms with Crippen molar-refractivity contribution in [3.63, 3.8) is 0 Å². The Morgan fingerprint density at radius 3 is 2.47 bits per heavy atom. The maximum Gasteiger partial charge on any atom is 0.251 e. The van der Waals surface area contributed by atoms with E-state index in [1.165, 1.54) is 19.3 Å². The quantitative estimate of drug-likeness (QED) is 0.711. The van der Waals surface area contributed by atoms with Crippen molar-refractivity contribution < 1.29 is 14.3 Å². The molecule has 0 bridgehead atoms. The Morgan fingerprint density at radius 1 is 1.13 bits per heavy atom. The fourth-order valence-corrected chi connectivity index (χ4v) is 4.44. The van der Waals surface area contributed by atoms with E-state index in [1.54, 1.807) is 18.2 Å². The first-order valence-corrected chi connectivity index (χ1v) is 11.5. The molecule has 0 aromatic heterocycles. The van der Waals surface area contributed by atoms with E-state index >= 15 is 0 Å². The van der Waals surface area contributed by atoms with E-state index in [9.17, 15) is 9.59 Å². The molecule has 6 nitrogen and oxygen atoms in total. The molecule has 30 heavy (non-hydrogen) atoms. The van der Waals surface area contributed by atoms with Crippen LogP contribution in [0.4, 0.5) is 0 Å². The number of ether oxygens (including phenoxy) is 1. The van der Waals surface area contributed by atoms with E-state index < -0.39 is 0 Å². The molecule has 166 valence electrons. The van der Waals surface area contributed by atoms with Crippen molar-refractivity contribution in [2.45, 2.75) is 51.0 Å². The summed E-state index contributed by atoms with van der Waals surface area (Å²) in [6, 6.07) is 5.17. The molecule has 1 aliphatic carbocycles. The number of halogens is 1. The standard InChI is InChI=1S/C23H34ClN3O3/c1-26(2)15-12-25-22(28)18-8-9-21(20(24)16-18)30-19-10-13-27(14-11-19)23(29)17-6-4-3-5-7-17/h8-9,16-17,19H,3-7,10-15H2,1-2H3,(H,25,28). The second kappa shape index (κ2) is 11.0. The van der Waals surface area contributed by atoms with Crippen LogP contribution in [0.3, 0.4) is 0 Å². The molecule has 1 aromatic rings. The number of amides is 2. The summed E-state index contributed by atoms with van der Waals surface area (Å²) in [5, 5.41) is 3.32. The number of likely N-dealkylation sites (N-methyl/N-ethyl adjacent to an activating group) is 1. The van der Waals surface area contributed by atoms with Crippen molar-refractivity contribution >= 4 is 23.4 Å². The number of benzene rings is 1. The highest BCUT2D eigenvalue weighted by Crippen LogP contribution is 2.30. The van der Waals surface area contributed by atoms with E-state index in [2.05, 4.69) is 5.32 Å². The van der Waals surface area contributed by atoms with Gasteiger partial charge >= 0.3 is 0 Å². The molecule has 2 fully saturated rings. The third-order valence-electron chi connectivity index (χ3n) is 6.04. The lowest BCUT2D eigenvalue weighted by Crippen LogP contribution is -2.44. The van der Waals surface area contributed by atoms with Gasteiger partial charge in [0.1, 0.15) is 11.9 Å². The predicted molar refractivity (Wildman–Crippen MR) is 119 cm³/mol. The van der Waals surface area contributed by atoms with Gasteiger partial charge in [0.25, 0.3) is 5.91 Å². The van der Waals surface area contributed by atoms with E-state index in [0.717, 1.165) is 45.3 Å². The van der Waals surface area contributed by atoms with E-state index in [4.69, 9.17) is 16.3 Å². The van der Waals surface area contributed by atoms with Gasteiger partial charge in [0, 0.05) is 50.5 Å². The Balaban J connectivity index is 1.47. The zero-order valence-corrected chi connectivity index (χ0v) is 18.9. The van der Waals surface area contributed by atoms with Crippen LogP contribution >= 0.6 is 11.6 Å². The third-order valence-corrected chi connectivity index (χ3v) is 6.34. The Labute approximate surface area is 184 Å². The fraction of sp³-hybridized carbons (Fsp3) is 0.652. The minimum absolute atomic E-state index is 0.0395. The first kappa shape index (κ1) is 22.9. The molecule has 1 saturated heterocycles. The molecule has 3 rings (SSSR count). The van der Waals surface area contributed by atoms with Gasteiger partial charge in [-0.3, -0.25) is 9.59 Å². The second-order valence-corrected chi connectivity index (χ2v) is 9.09. The van der Waals surface area contributed by atoms with Crippen LogP contribution in [-0.2, 0) is 4.79 Å². The van der Waals surface area contributed by atoms with Gasteiger partial charge in [0.05, 0.1) is 5.02 Å². The first-order chi connectivity index (χ1) is 14.4. The van der Waals surface area contributed by atoms with Crippen LogP contribution in [0.15, 0.2) is 18.2 Å². The topological polar surface area (TPSA) is 61.9 Å². The zero-order valence-electron chi connectivity index (χ0n) is 18.2. The number of hydrogen-bond donors (Lipinski definition) is 1. The molecular weight excluding hydrogens is 402 g/mol. The lowest BCUT2D eigenvalue weighted by atomic mass is 9.88. The van der Waals surface area contributed by atoms with Crippen LogP contribution in [-0.4, -0.2) is 68.0 Å². The van der Waals surface area contributed by atoms with Gasteiger partial charge in [-0.1, -0.05) is 30.9 Å². The minimum Gasteiger partial charge on any atom is -0.489 e. The van der Waals surface area contributed by atoms with Gasteiger partial charge in [-0.15, -0.1) is 0 Å². The van der Waals surface area contributed by atoms with Gasteiger partial charge in [-0.25, -0.2) is 0 Å². The summed E-state index contributed by atoms with van der Waals surface area (Å²) in [6.07, 6.45) is 7.36. The number of piperidine rings is 1. The molecule has 1 aliphatic heterocycles. The smallest absolute Gasteiger partial charge is 0.251 e. The molecule has 2 amide bonds. The summed E-state index contributed by atoms with van der Waals surface area (Å²) < 4.78 is 6.10. The fourth-order valence-electron chi connectivity index (χ4n) is 4.21. The van der Waals surface area contributed by atoms with Crippen molar-refractivity contribution in [1.29, 1.82) is 0 Å². The highest BCUT2D eigenvalue weighted by molar-refractivity contribution is 6.32. The maximum absolute atomic E-state index is 12.7. The SMILES string of the molecule is CN(C)CCNC(=O)c1ccc(OC2CCN(C(=O)C3CCCCC3)CC2)c(Cl)c1. The van der Waals surface area contributed by atoms with Crippen LogP contribution in [0.1, 0.15) is 55.3 Å². The van der Waals surface area contributed by atoms with Crippen LogP contribution in [0.2, 0.25) is 5.02 Å². The first-order valence-electron chi connectivity index (χ1n) is 11.1. The lowest BCUT2D eigenvalue weighted by Gasteiger charge is -2.35. The van der Waals surface area contributed by atoms with Crippen LogP contribution in [0, 0.1) is 5.92 Å². The molecule has 1 heterocycles. The average molecular weight is 436 g/mol. The van der Waals surface area contributed by atoms with E-state index in [1.807, 2.05) is 23.9 Å². The van der Waals surface area contributed by atoms with Gasteiger partial charge in [0.15, 0.2) is 0 Å². The van der Waals surface area contributed by atoms with Crippen molar-refractivity contribution in [2.75, 3.05) is 40.3 Å². The number of likely N-dealkylation sites (tertiary alicyclic amines) is 1. The summed E-state index contributed by atoms with van der Waals surface area (Å²) in [4.78, 5) is 29.0. The summed E-state index contributed by atoms with van der Waals surface area (Å²) in [6.45, 7) is 2.84. The monoisotopic (exact) mass is 435 g/mol. The Hall–Kier alpha value is -1.79. The van der Waals surface area contributed by atoms with Gasteiger partial charge in [-0.05, 0) is 45.1 Å². The summed E-state index contributed by atoms with van der Waals surface area (Å²) in [5.74, 6) is 1.01. The van der Waals surface area contributed by atoms with Crippen LogP contribution in [0.5, 0.6) is 5.75 Å². The van der Waals surface area contributed by atoms with Gasteiger partial charge < -0.3 is 19.9 Å². The molecule has 1 saturated carbocycles. The molecule has 1 aromatic carbocycles. The molecule has 7 heteroatoms. The second-order valence-electron chi connectivity index (χ2n) is 8.68. The largest absolute Gasteiger partial charge is 0.489 e. The summed E-state index contributed by atoms with van der Waals surface area (Å²) >= 11 is 6.38. The van der Waals surface area contributed by atoms with Crippen LogP contribution in [0.25, 0.3) is 0 Å². The minimum atomic E-state index is -0.139. The van der Waals surface area contributed by atoms with Crippen molar-refractivity contribution in [3.8, 4) is 5.75 Å². The van der Waals surface area contributed by atoms with Gasteiger partial charge in [-0.2, -0.15) is 0 Å². The third kappa shape index (κ3) is 6.35. The molecule has 1 N–H and O–H groups in total. The number of nitrogens with zero attached hydrogens (tertiary/aromatic N) is 2. The number of carbonyl (C=O) groups excluding carboxylic acids is 2. The molecule has 0 unspecified atom stereocenters. The van der Waals surface area contributed by atoms with E-state index in [-0.39, 0.29) is 17.9 Å². The lowest BCUT2D eigenvalue weighted by molar-refractivity contribution is -0.138. The Kier molecular flexibility index (Phi) is 8.40. The maximum atomic E-state index is 12.7. The highest BCUT2D eigenvalue weighted by Gasteiger charge is 2.30. The van der Waals surface area contributed by atoms with E-state index in [0.29, 0.717) is 28.8 Å².